The Morgan fingerprint density at radius 3 is 2.70 bits per heavy atom. The molecule has 0 unspecified atom stereocenters. The van der Waals surface area contributed by atoms with Gasteiger partial charge in [-0.15, -0.1) is 0 Å². The van der Waals surface area contributed by atoms with Crippen molar-refractivity contribution in [2.24, 2.45) is 0 Å². The van der Waals surface area contributed by atoms with Crippen LogP contribution in [-0.4, -0.2) is 23.3 Å². The lowest BCUT2D eigenvalue weighted by molar-refractivity contribution is -0.384. The van der Waals surface area contributed by atoms with E-state index in [1.54, 1.807) is 31.2 Å². The Kier molecular flexibility index (Phi) is 5.24. The minimum atomic E-state index is -0.631. The summed E-state index contributed by atoms with van der Waals surface area (Å²) in [6, 6.07) is 14.6. The molecule has 2 heterocycles. The van der Waals surface area contributed by atoms with Crippen LogP contribution in [0.1, 0.15) is 33.4 Å². The van der Waals surface area contributed by atoms with Crippen molar-refractivity contribution < 1.29 is 23.7 Å². The number of carbonyl (C=O) groups excluding carboxylic acids is 2. The van der Waals surface area contributed by atoms with Crippen LogP contribution in [-0.2, 0) is 4.74 Å². The van der Waals surface area contributed by atoms with E-state index in [-0.39, 0.29) is 35.0 Å². The summed E-state index contributed by atoms with van der Waals surface area (Å²) in [5, 5.41) is 11.5. The highest BCUT2D eigenvalue weighted by atomic mass is 32.2. The van der Waals surface area contributed by atoms with Crippen LogP contribution in [0.15, 0.2) is 68.8 Å². The molecule has 0 aliphatic carbocycles. The molecule has 7 nitrogen and oxygen atoms in total. The average molecular weight is 421 g/mol. The summed E-state index contributed by atoms with van der Waals surface area (Å²) in [6.07, 6.45) is 1.62. The zero-order valence-corrected chi connectivity index (χ0v) is 16.6. The minimum absolute atomic E-state index is 0.0849. The molecule has 0 atom stereocenters. The first-order valence-corrected chi connectivity index (χ1v) is 9.88. The Labute approximate surface area is 175 Å². The third-order valence-corrected chi connectivity index (χ3v) is 5.55. The van der Waals surface area contributed by atoms with E-state index in [1.165, 1.54) is 30.0 Å². The zero-order valence-electron chi connectivity index (χ0n) is 15.8. The predicted octanol–water partition coefficient (Wildman–Crippen LogP) is 5.36. The van der Waals surface area contributed by atoms with E-state index >= 15 is 0 Å². The Balaban J connectivity index is 1.65. The van der Waals surface area contributed by atoms with Crippen LogP contribution in [0.2, 0.25) is 0 Å². The van der Waals surface area contributed by atoms with Gasteiger partial charge in [-0.05, 0) is 49.4 Å². The van der Waals surface area contributed by atoms with Crippen LogP contribution in [0.3, 0.4) is 0 Å². The number of allylic oxidation sites excluding steroid dienone is 1. The number of furan rings is 1. The first kappa shape index (κ1) is 19.7. The summed E-state index contributed by atoms with van der Waals surface area (Å²) in [6.45, 7) is 1.83. The number of nitro groups is 1. The van der Waals surface area contributed by atoms with Crippen molar-refractivity contribution in [1.82, 2.24) is 0 Å². The van der Waals surface area contributed by atoms with E-state index in [0.29, 0.717) is 16.2 Å². The summed E-state index contributed by atoms with van der Waals surface area (Å²) in [7, 11) is 0. The SMILES string of the molecule is CCOC(=O)c1ccc(-c2ccc(/C=C3/Sc4ccccc4C3=O)o2)c([N+](=O)[O-])c1. The lowest BCUT2D eigenvalue weighted by Crippen LogP contribution is -2.05. The van der Waals surface area contributed by atoms with Crippen LogP contribution >= 0.6 is 11.8 Å². The largest absolute Gasteiger partial charge is 0.462 e. The summed E-state index contributed by atoms with van der Waals surface area (Å²) >= 11 is 1.35. The number of rotatable bonds is 5. The zero-order chi connectivity index (χ0) is 21.3. The standard InChI is InChI=1S/C22H15NO6S/c1-2-28-22(25)13-7-9-15(17(11-13)23(26)27)18-10-8-14(29-18)12-20-21(24)16-5-3-4-6-19(16)30-20/h3-12H,2H2,1H3/b20-12+. The number of hydrogen-bond acceptors (Lipinski definition) is 7. The van der Waals surface area contributed by atoms with Crippen LogP contribution in [0.5, 0.6) is 0 Å². The first-order valence-electron chi connectivity index (χ1n) is 9.07. The molecule has 2 aromatic carbocycles. The number of benzene rings is 2. The number of fused-ring (bicyclic) bond motifs is 1. The molecule has 3 aromatic rings. The molecule has 0 radical (unpaired) electrons. The molecular weight excluding hydrogens is 406 g/mol. The van der Waals surface area contributed by atoms with E-state index in [1.807, 2.05) is 18.2 Å². The molecule has 0 bridgehead atoms. The quantitative estimate of drug-likeness (QED) is 0.237. The molecule has 1 aliphatic rings. The van der Waals surface area contributed by atoms with E-state index in [2.05, 4.69) is 0 Å². The number of Topliss-reactive ketones (excluding diaryl/α,β-unsaturated/α-hetero) is 1. The number of carbonyl (C=O) groups is 2. The van der Waals surface area contributed by atoms with E-state index in [4.69, 9.17) is 9.15 Å². The third kappa shape index (κ3) is 3.65. The van der Waals surface area contributed by atoms with Gasteiger partial charge in [0, 0.05) is 16.5 Å². The number of hydrogen-bond donors (Lipinski definition) is 0. The van der Waals surface area contributed by atoms with Crippen LogP contribution in [0.25, 0.3) is 17.4 Å². The van der Waals surface area contributed by atoms with Gasteiger partial charge in [0.05, 0.1) is 27.6 Å². The highest BCUT2D eigenvalue weighted by Gasteiger charge is 2.26. The van der Waals surface area contributed by atoms with Crippen LogP contribution < -0.4 is 0 Å². The molecule has 8 heteroatoms. The van der Waals surface area contributed by atoms with Gasteiger partial charge >= 0.3 is 5.97 Å². The van der Waals surface area contributed by atoms with Crippen molar-refractivity contribution >= 4 is 35.3 Å². The third-order valence-electron chi connectivity index (χ3n) is 4.45. The molecule has 0 fully saturated rings. The molecule has 150 valence electrons. The van der Waals surface area contributed by atoms with E-state index < -0.39 is 10.9 Å². The maximum atomic E-state index is 12.5. The second-order valence-corrected chi connectivity index (χ2v) is 7.43. The molecular formula is C22H15NO6S. The van der Waals surface area contributed by atoms with Gasteiger partial charge in [0.2, 0.25) is 5.78 Å². The number of thioether (sulfide) groups is 1. The van der Waals surface area contributed by atoms with Gasteiger partial charge in [0.25, 0.3) is 5.69 Å². The van der Waals surface area contributed by atoms with Crippen molar-refractivity contribution in [2.75, 3.05) is 6.61 Å². The van der Waals surface area contributed by atoms with Crippen LogP contribution in [0, 0.1) is 10.1 Å². The maximum Gasteiger partial charge on any atom is 0.338 e. The van der Waals surface area contributed by atoms with Crippen molar-refractivity contribution in [2.45, 2.75) is 11.8 Å². The monoisotopic (exact) mass is 421 g/mol. The van der Waals surface area contributed by atoms with Crippen LogP contribution in [0.4, 0.5) is 5.69 Å². The summed E-state index contributed by atoms with van der Waals surface area (Å²) in [5.41, 5.74) is 0.692. The molecule has 0 spiro atoms. The molecule has 0 saturated heterocycles. The fourth-order valence-electron chi connectivity index (χ4n) is 3.07. The highest BCUT2D eigenvalue weighted by molar-refractivity contribution is 8.04. The molecule has 30 heavy (non-hydrogen) atoms. The van der Waals surface area contributed by atoms with Gasteiger partial charge in [0.15, 0.2) is 0 Å². The second kappa shape index (κ2) is 8.00. The fourth-order valence-corrected chi connectivity index (χ4v) is 4.10. The molecule has 4 rings (SSSR count). The van der Waals surface area contributed by atoms with Crippen molar-refractivity contribution in [1.29, 1.82) is 0 Å². The number of nitrogens with zero attached hydrogens (tertiary/aromatic N) is 1. The van der Waals surface area contributed by atoms with Crippen molar-refractivity contribution in [3.8, 4) is 11.3 Å². The molecule has 0 saturated carbocycles. The van der Waals surface area contributed by atoms with E-state index in [9.17, 15) is 19.7 Å². The number of ether oxygens (including phenoxy) is 1. The molecule has 1 aromatic heterocycles. The van der Waals surface area contributed by atoms with Gasteiger partial charge in [-0.25, -0.2) is 4.79 Å². The molecule has 0 N–H and O–H groups in total. The van der Waals surface area contributed by atoms with E-state index in [0.717, 1.165) is 4.90 Å². The highest BCUT2D eigenvalue weighted by Crippen LogP contribution is 2.41. The summed E-state index contributed by atoms with van der Waals surface area (Å²) < 4.78 is 10.7. The summed E-state index contributed by atoms with van der Waals surface area (Å²) in [4.78, 5) is 36.7. The Hall–Kier alpha value is -3.65. The lowest BCUT2D eigenvalue weighted by Gasteiger charge is -2.04. The number of esters is 1. The Morgan fingerprint density at radius 1 is 1.17 bits per heavy atom. The maximum absolute atomic E-state index is 12.5. The number of nitro benzene ring substituents is 1. The average Bonchev–Trinajstić information content (AvgIpc) is 3.33. The summed E-state index contributed by atoms with van der Waals surface area (Å²) in [5.74, 6) is -0.0546. The topological polar surface area (TPSA) is 99.7 Å². The Morgan fingerprint density at radius 2 is 1.97 bits per heavy atom. The van der Waals surface area contributed by atoms with Gasteiger partial charge in [0.1, 0.15) is 11.5 Å². The van der Waals surface area contributed by atoms with Crippen molar-refractivity contribution in [3.05, 3.63) is 86.5 Å². The van der Waals surface area contributed by atoms with Gasteiger partial charge in [-0.3, -0.25) is 14.9 Å². The van der Waals surface area contributed by atoms with Gasteiger partial charge < -0.3 is 9.15 Å². The smallest absolute Gasteiger partial charge is 0.338 e. The van der Waals surface area contributed by atoms with Crippen molar-refractivity contribution in [3.63, 3.8) is 0 Å². The number of ketones is 1. The lowest BCUT2D eigenvalue weighted by atomic mass is 10.1. The second-order valence-electron chi connectivity index (χ2n) is 6.35. The molecule has 0 amide bonds. The predicted molar refractivity (Wildman–Crippen MR) is 111 cm³/mol. The van der Waals surface area contributed by atoms with Gasteiger partial charge in [-0.2, -0.15) is 0 Å². The van der Waals surface area contributed by atoms with Gasteiger partial charge in [-0.1, -0.05) is 23.9 Å². The first-order chi connectivity index (χ1) is 14.5. The molecule has 1 aliphatic heterocycles. The minimum Gasteiger partial charge on any atom is -0.462 e. The normalized spacial score (nSPS) is 14.0. The fraction of sp³-hybridized carbons (Fsp3) is 0.0909. The Bertz CT molecular complexity index is 1210.